The van der Waals surface area contributed by atoms with E-state index in [1.54, 1.807) is 13.8 Å². The van der Waals surface area contributed by atoms with E-state index in [1.807, 2.05) is 0 Å². The van der Waals surface area contributed by atoms with Gasteiger partial charge in [0.05, 0.1) is 11.7 Å². The van der Waals surface area contributed by atoms with E-state index >= 15 is 0 Å². The van der Waals surface area contributed by atoms with Crippen LogP contribution in [0.15, 0.2) is 0 Å². The monoisotopic (exact) mass is 160 g/mol. The van der Waals surface area contributed by atoms with Crippen molar-refractivity contribution < 1.29 is 10.2 Å². The van der Waals surface area contributed by atoms with Crippen molar-refractivity contribution in [3.05, 3.63) is 0 Å². The van der Waals surface area contributed by atoms with Crippen LogP contribution in [0.3, 0.4) is 0 Å². The van der Waals surface area contributed by atoms with Crippen LogP contribution in [-0.4, -0.2) is 21.9 Å². The lowest BCUT2D eigenvalue weighted by molar-refractivity contribution is -0.0602. The molecule has 2 N–H and O–H groups in total. The van der Waals surface area contributed by atoms with Crippen molar-refractivity contribution in [2.24, 2.45) is 5.92 Å². The summed E-state index contributed by atoms with van der Waals surface area (Å²) in [6.45, 7) is 7.52. The van der Waals surface area contributed by atoms with Gasteiger partial charge in [-0.3, -0.25) is 0 Å². The van der Waals surface area contributed by atoms with Crippen LogP contribution in [0.5, 0.6) is 0 Å². The fraction of sp³-hybridized carbons (Fsp3) is 1.00. The molecule has 0 saturated heterocycles. The van der Waals surface area contributed by atoms with Crippen molar-refractivity contribution in [3.63, 3.8) is 0 Å². The first-order valence-electron chi connectivity index (χ1n) is 4.26. The van der Waals surface area contributed by atoms with E-state index in [9.17, 15) is 5.11 Å². The van der Waals surface area contributed by atoms with Gasteiger partial charge in [-0.15, -0.1) is 0 Å². The second-order valence-corrected chi connectivity index (χ2v) is 3.97. The van der Waals surface area contributed by atoms with Crippen LogP contribution < -0.4 is 0 Å². The molecule has 68 valence electrons. The van der Waals surface area contributed by atoms with Crippen LogP contribution in [0.4, 0.5) is 0 Å². The molecule has 2 heteroatoms. The smallest absolute Gasteiger partial charge is 0.0874 e. The third-order valence-corrected chi connectivity index (χ3v) is 2.13. The summed E-state index contributed by atoms with van der Waals surface area (Å²) in [6.07, 6.45) is 0.987. The number of hydrogen-bond acceptors (Lipinski definition) is 2. The van der Waals surface area contributed by atoms with Gasteiger partial charge in [0.1, 0.15) is 0 Å². The predicted molar refractivity (Wildman–Crippen MR) is 46.4 cm³/mol. The highest BCUT2D eigenvalue weighted by molar-refractivity contribution is 4.78. The minimum Gasteiger partial charge on any atom is -0.390 e. The summed E-state index contributed by atoms with van der Waals surface area (Å²) >= 11 is 0. The van der Waals surface area contributed by atoms with Crippen LogP contribution in [0.1, 0.15) is 40.5 Å². The molecule has 0 saturated carbocycles. The van der Waals surface area contributed by atoms with Gasteiger partial charge in [0.2, 0.25) is 0 Å². The number of aliphatic hydroxyl groups excluding tert-OH is 1. The molecule has 0 aromatic rings. The van der Waals surface area contributed by atoms with E-state index in [2.05, 4.69) is 13.8 Å². The Balaban J connectivity index is 3.73. The molecule has 2 nitrogen and oxygen atoms in total. The second-order valence-electron chi connectivity index (χ2n) is 3.97. The first kappa shape index (κ1) is 10.9. The highest BCUT2D eigenvalue weighted by Gasteiger charge is 2.25. The Bertz CT molecular complexity index is 106. The molecule has 0 aliphatic rings. The third kappa shape index (κ3) is 4.38. The van der Waals surface area contributed by atoms with Crippen molar-refractivity contribution in [1.29, 1.82) is 0 Å². The summed E-state index contributed by atoms with van der Waals surface area (Å²) in [7, 11) is 0. The summed E-state index contributed by atoms with van der Waals surface area (Å²) in [6, 6.07) is 0. The van der Waals surface area contributed by atoms with Crippen LogP contribution in [-0.2, 0) is 0 Å². The maximum absolute atomic E-state index is 9.59. The Kier molecular flexibility index (Phi) is 4.04. The molecule has 0 aromatic heterocycles. The van der Waals surface area contributed by atoms with E-state index in [0.29, 0.717) is 12.3 Å². The van der Waals surface area contributed by atoms with Crippen LogP contribution in [0, 0.1) is 5.92 Å². The van der Waals surface area contributed by atoms with Gasteiger partial charge in [0.25, 0.3) is 0 Å². The van der Waals surface area contributed by atoms with Crippen LogP contribution in [0.25, 0.3) is 0 Å². The summed E-state index contributed by atoms with van der Waals surface area (Å²) in [5.41, 5.74) is -0.912. The van der Waals surface area contributed by atoms with E-state index in [1.165, 1.54) is 0 Å². The van der Waals surface area contributed by atoms with Gasteiger partial charge in [-0.1, -0.05) is 13.8 Å². The maximum Gasteiger partial charge on any atom is 0.0874 e. The molecule has 0 aromatic carbocycles. The van der Waals surface area contributed by atoms with Gasteiger partial charge in [-0.05, 0) is 32.6 Å². The summed E-state index contributed by atoms with van der Waals surface area (Å²) < 4.78 is 0. The molecule has 0 aliphatic carbocycles. The van der Waals surface area contributed by atoms with Crippen molar-refractivity contribution in [2.45, 2.75) is 52.2 Å². The molecule has 0 bridgehead atoms. The zero-order valence-corrected chi connectivity index (χ0v) is 7.96. The van der Waals surface area contributed by atoms with Gasteiger partial charge in [0.15, 0.2) is 0 Å². The topological polar surface area (TPSA) is 40.5 Å². The Morgan fingerprint density at radius 1 is 1.27 bits per heavy atom. The number of rotatable bonds is 4. The Morgan fingerprint density at radius 3 is 2.00 bits per heavy atom. The molecule has 0 radical (unpaired) electrons. The van der Waals surface area contributed by atoms with Crippen molar-refractivity contribution >= 4 is 0 Å². The molecule has 11 heavy (non-hydrogen) atoms. The van der Waals surface area contributed by atoms with Gasteiger partial charge in [-0.25, -0.2) is 0 Å². The van der Waals surface area contributed by atoms with Crippen molar-refractivity contribution in [2.75, 3.05) is 0 Å². The first-order valence-corrected chi connectivity index (χ1v) is 4.26. The molecule has 0 aliphatic heterocycles. The molecule has 0 fully saturated rings. The number of hydrogen-bond donors (Lipinski definition) is 2. The highest BCUT2D eigenvalue weighted by atomic mass is 16.3. The summed E-state index contributed by atoms with van der Waals surface area (Å²) in [5, 5.41) is 18.7. The average Bonchev–Trinajstić information content (AvgIpc) is 1.84. The Morgan fingerprint density at radius 2 is 1.73 bits per heavy atom. The molecule has 2 unspecified atom stereocenters. The van der Waals surface area contributed by atoms with Gasteiger partial charge >= 0.3 is 0 Å². The van der Waals surface area contributed by atoms with Crippen molar-refractivity contribution in [1.82, 2.24) is 0 Å². The normalized spacial score (nSPS) is 19.9. The quantitative estimate of drug-likeness (QED) is 0.655. The molecular formula is C9H20O2. The first-order chi connectivity index (χ1) is 4.86. The lowest BCUT2D eigenvalue weighted by atomic mass is 9.91. The molecule has 0 amide bonds. The Labute approximate surface area is 69.2 Å². The largest absolute Gasteiger partial charge is 0.390 e. The lowest BCUT2D eigenvalue weighted by Crippen LogP contribution is -2.37. The average molecular weight is 160 g/mol. The minimum absolute atomic E-state index is 0.584. The zero-order valence-electron chi connectivity index (χ0n) is 7.96. The molecule has 2 atom stereocenters. The van der Waals surface area contributed by atoms with Crippen molar-refractivity contribution in [3.8, 4) is 0 Å². The SMILES string of the molecule is CC(C)CCC(C)(O)C(C)O. The maximum atomic E-state index is 9.59. The highest BCUT2D eigenvalue weighted by Crippen LogP contribution is 2.19. The van der Waals surface area contributed by atoms with Gasteiger partial charge in [-0.2, -0.15) is 0 Å². The van der Waals surface area contributed by atoms with Crippen LogP contribution >= 0.6 is 0 Å². The zero-order chi connectivity index (χ0) is 9.07. The molecule has 0 spiro atoms. The standard InChI is InChI=1S/C9H20O2/c1-7(2)5-6-9(4,11)8(3)10/h7-8,10-11H,5-6H2,1-4H3. The fourth-order valence-corrected chi connectivity index (χ4v) is 0.790. The Hall–Kier alpha value is -0.0800. The minimum atomic E-state index is -0.912. The van der Waals surface area contributed by atoms with E-state index in [0.717, 1.165) is 6.42 Å². The molecular weight excluding hydrogens is 140 g/mol. The van der Waals surface area contributed by atoms with Gasteiger partial charge in [0, 0.05) is 0 Å². The third-order valence-electron chi connectivity index (χ3n) is 2.13. The fourth-order valence-electron chi connectivity index (χ4n) is 0.790. The second kappa shape index (κ2) is 4.07. The number of aliphatic hydroxyl groups is 2. The predicted octanol–water partition coefficient (Wildman–Crippen LogP) is 1.55. The van der Waals surface area contributed by atoms with E-state index < -0.39 is 11.7 Å². The molecule has 0 rings (SSSR count). The molecule has 0 heterocycles. The lowest BCUT2D eigenvalue weighted by Gasteiger charge is -2.27. The van der Waals surface area contributed by atoms with Crippen LogP contribution in [0.2, 0.25) is 0 Å². The van der Waals surface area contributed by atoms with Gasteiger partial charge < -0.3 is 10.2 Å². The van der Waals surface area contributed by atoms with E-state index in [-0.39, 0.29) is 0 Å². The summed E-state index contributed by atoms with van der Waals surface area (Å²) in [4.78, 5) is 0. The van der Waals surface area contributed by atoms with E-state index in [4.69, 9.17) is 5.11 Å². The summed E-state index contributed by atoms with van der Waals surface area (Å²) in [5.74, 6) is 0.584.